The van der Waals surface area contributed by atoms with Gasteiger partial charge in [-0.15, -0.1) is 0 Å². The molecule has 0 atom stereocenters. The smallest absolute Gasteiger partial charge is 0.119 e. The van der Waals surface area contributed by atoms with Crippen molar-refractivity contribution in [2.45, 2.75) is 12.3 Å². The lowest BCUT2D eigenvalue weighted by Gasteiger charge is -2.11. The van der Waals surface area contributed by atoms with E-state index in [9.17, 15) is 0 Å². The second kappa shape index (κ2) is 6.40. The number of halogens is 1. The van der Waals surface area contributed by atoms with Gasteiger partial charge in [-0.3, -0.25) is 0 Å². The molecule has 0 aromatic heterocycles. The molecule has 19 heavy (non-hydrogen) atoms. The van der Waals surface area contributed by atoms with Crippen molar-refractivity contribution >= 4 is 15.9 Å². The summed E-state index contributed by atoms with van der Waals surface area (Å²) in [6, 6.07) is 16.0. The monoisotopic (exact) mass is 315 g/mol. The first-order chi connectivity index (χ1) is 9.30. The summed E-state index contributed by atoms with van der Waals surface area (Å²) in [7, 11) is 0. The average molecular weight is 316 g/mol. The minimum atomic E-state index is 0.646. The minimum Gasteiger partial charge on any atom is -0.494 e. The van der Waals surface area contributed by atoms with Crippen molar-refractivity contribution in [3.05, 3.63) is 53.6 Å². The van der Waals surface area contributed by atoms with Crippen molar-refractivity contribution in [3.8, 4) is 22.9 Å². The third kappa shape index (κ3) is 2.97. The first kappa shape index (κ1) is 13.6. The zero-order valence-electron chi connectivity index (χ0n) is 10.7. The highest BCUT2D eigenvalue weighted by Gasteiger charge is 2.09. The molecule has 0 saturated heterocycles. The van der Waals surface area contributed by atoms with Crippen LogP contribution in [0.25, 0.3) is 11.1 Å². The summed E-state index contributed by atoms with van der Waals surface area (Å²) in [5, 5.41) is 9.82. The van der Waals surface area contributed by atoms with Crippen LogP contribution in [0.15, 0.2) is 42.5 Å². The molecular formula is C16H14BrNO. The SMILES string of the molecule is CCOc1cccc(-c2cccc(C#N)c2CBr)c1. The van der Waals surface area contributed by atoms with E-state index < -0.39 is 0 Å². The largest absolute Gasteiger partial charge is 0.494 e. The van der Waals surface area contributed by atoms with Crippen LogP contribution in [0.3, 0.4) is 0 Å². The van der Waals surface area contributed by atoms with E-state index in [1.54, 1.807) is 0 Å². The van der Waals surface area contributed by atoms with Gasteiger partial charge in [0.05, 0.1) is 18.2 Å². The molecule has 0 aliphatic rings. The summed E-state index contributed by atoms with van der Waals surface area (Å²) in [6.07, 6.45) is 0. The van der Waals surface area contributed by atoms with Gasteiger partial charge in [0, 0.05) is 5.33 Å². The third-order valence-electron chi connectivity index (χ3n) is 2.89. The first-order valence-electron chi connectivity index (χ1n) is 6.11. The maximum absolute atomic E-state index is 9.16. The van der Waals surface area contributed by atoms with E-state index in [0.29, 0.717) is 17.5 Å². The Morgan fingerprint density at radius 3 is 2.68 bits per heavy atom. The topological polar surface area (TPSA) is 33.0 Å². The molecule has 2 nitrogen and oxygen atoms in total. The highest BCUT2D eigenvalue weighted by Crippen LogP contribution is 2.30. The number of hydrogen-bond donors (Lipinski definition) is 0. The molecular weight excluding hydrogens is 302 g/mol. The number of ether oxygens (including phenoxy) is 1. The lowest BCUT2D eigenvalue weighted by Crippen LogP contribution is -1.94. The molecule has 0 heterocycles. The van der Waals surface area contributed by atoms with Crippen LogP contribution in [-0.4, -0.2) is 6.61 Å². The molecule has 0 N–H and O–H groups in total. The fourth-order valence-corrected chi connectivity index (χ4v) is 2.63. The summed E-state index contributed by atoms with van der Waals surface area (Å²) in [4.78, 5) is 0. The number of rotatable bonds is 4. The summed E-state index contributed by atoms with van der Waals surface area (Å²) in [5.41, 5.74) is 3.85. The summed E-state index contributed by atoms with van der Waals surface area (Å²) in [6.45, 7) is 2.61. The number of nitrogens with zero attached hydrogens (tertiary/aromatic N) is 1. The molecule has 0 bridgehead atoms. The quantitative estimate of drug-likeness (QED) is 0.777. The molecule has 0 amide bonds. The van der Waals surface area contributed by atoms with Crippen LogP contribution in [0.1, 0.15) is 18.1 Å². The number of benzene rings is 2. The number of nitriles is 1. The molecule has 2 aromatic rings. The van der Waals surface area contributed by atoms with E-state index in [1.807, 2.05) is 49.4 Å². The zero-order chi connectivity index (χ0) is 13.7. The zero-order valence-corrected chi connectivity index (χ0v) is 12.3. The van der Waals surface area contributed by atoms with Crippen molar-refractivity contribution in [3.63, 3.8) is 0 Å². The fourth-order valence-electron chi connectivity index (χ4n) is 2.03. The van der Waals surface area contributed by atoms with E-state index in [1.165, 1.54) is 0 Å². The predicted octanol–water partition coefficient (Wildman–Crippen LogP) is 4.52. The van der Waals surface area contributed by atoms with E-state index in [-0.39, 0.29) is 0 Å². The highest BCUT2D eigenvalue weighted by molar-refractivity contribution is 9.08. The van der Waals surface area contributed by atoms with Gasteiger partial charge in [0.2, 0.25) is 0 Å². The molecule has 0 aliphatic carbocycles. The van der Waals surface area contributed by atoms with Gasteiger partial charge in [-0.05, 0) is 41.8 Å². The Morgan fingerprint density at radius 1 is 1.21 bits per heavy atom. The molecule has 0 saturated carbocycles. The van der Waals surface area contributed by atoms with Gasteiger partial charge in [-0.25, -0.2) is 0 Å². The van der Waals surface area contributed by atoms with Gasteiger partial charge in [-0.2, -0.15) is 5.26 Å². The Labute approximate surface area is 121 Å². The molecule has 0 unspecified atom stereocenters. The Kier molecular flexibility index (Phi) is 4.59. The summed E-state index contributed by atoms with van der Waals surface area (Å²) < 4.78 is 5.52. The van der Waals surface area contributed by atoms with Crippen molar-refractivity contribution in [2.24, 2.45) is 0 Å². The second-order valence-electron chi connectivity index (χ2n) is 4.04. The molecule has 0 radical (unpaired) electrons. The van der Waals surface area contributed by atoms with Gasteiger partial charge < -0.3 is 4.74 Å². The minimum absolute atomic E-state index is 0.646. The predicted molar refractivity (Wildman–Crippen MR) is 80.4 cm³/mol. The summed E-state index contributed by atoms with van der Waals surface area (Å²) >= 11 is 3.46. The third-order valence-corrected chi connectivity index (χ3v) is 3.45. The molecule has 0 fully saturated rings. The number of alkyl halides is 1. The van der Waals surface area contributed by atoms with Crippen LogP contribution >= 0.6 is 15.9 Å². The molecule has 0 aliphatic heterocycles. The molecule has 3 heteroatoms. The van der Waals surface area contributed by atoms with Gasteiger partial charge in [-0.1, -0.05) is 40.2 Å². The van der Waals surface area contributed by atoms with Gasteiger partial charge >= 0.3 is 0 Å². The van der Waals surface area contributed by atoms with Crippen LogP contribution in [0.5, 0.6) is 5.75 Å². The van der Waals surface area contributed by atoms with E-state index >= 15 is 0 Å². The Balaban J connectivity index is 2.53. The molecule has 0 spiro atoms. The molecule has 96 valence electrons. The average Bonchev–Trinajstić information content (AvgIpc) is 2.47. The fraction of sp³-hybridized carbons (Fsp3) is 0.188. The number of hydrogen-bond acceptors (Lipinski definition) is 2. The lowest BCUT2D eigenvalue weighted by molar-refractivity contribution is 0.340. The van der Waals surface area contributed by atoms with E-state index in [0.717, 1.165) is 22.4 Å². The highest BCUT2D eigenvalue weighted by atomic mass is 79.9. The Bertz CT molecular complexity index is 616. The van der Waals surface area contributed by atoms with Gasteiger partial charge in [0.1, 0.15) is 5.75 Å². The standard InChI is InChI=1S/C16H14BrNO/c1-2-19-14-7-3-5-12(9-14)15-8-4-6-13(11-18)16(15)10-17/h3-9H,2,10H2,1H3. The second-order valence-corrected chi connectivity index (χ2v) is 4.60. The lowest BCUT2D eigenvalue weighted by atomic mass is 9.97. The van der Waals surface area contributed by atoms with E-state index in [4.69, 9.17) is 10.00 Å². The van der Waals surface area contributed by atoms with Crippen LogP contribution in [-0.2, 0) is 5.33 Å². The van der Waals surface area contributed by atoms with Crippen molar-refractivity contribution in [1.29, 1.82) is 5.26 Å². The molecule has 2 rings (SSSR count). The summed E-state index contributed by atoms with van der Waals surface area (Å²) in [5.74, 6) is 0.850. The van der Waals surface area contributed by atoms with Gasteiger partial charge in [0.25, 0.3) is 0 Å². The van der Waals surface area contributed by atoms with Gasteiger partial charge in [0.15, 0.2) is 0 Å². The van der Waals surface area contributed by atoms with Crippen molar-refractivity contribution in [1.82, 2.24) is 0 Å². The maximum atomic E-state index is 9.16. The van der Waals surface area contributed by atoms with Crippen LogP contribution in [0.2, 0.25) is 0 Å². The molecule has 2 aromatic carbocycles. The Morgan fingerprint density at radius 2 is 2.00 bits per heavy atom. The van der Waals surface area contributed by atoms with Crippen LogP contribution < -0.4 is 4.74 Å². The normalized spacial score (nSPS) is 9.95. The maximum Gasteiger partial charge on any atom is 0.119 e. The first-order valence-corrected chi connectivity index (χ1v) is 7.23. The van der Waals surface area contributed by atoms with E-state index in [2.05, 4.69) is 22.0 Å². The van der Waals surface area contributed by atoms with Crippen molar-refractivity contribution in [2.75, 3.05) is 6.61 Å². The van der Waals surface area contributed by atoms with Crippen LogP contribution in [0, 0.1) is 11.3 Å². The van der Waals surface area contributed by atoms with Crippen LogP contribution in [0.4, 0.5) is 0 Å². The Hall–Kier alpha value is -1.79. The van der Waals surface area contributed by atoms with Crippen molar-refractivity contribution < 1.29 is 4.74 Å².